The van der Waals surface area contributed by atoms with E-state index < -0.39 is 12.0 Å². The number of thioether (sulfide) groups is 1. The van der Waals surface area contributed by atoms with Gasteiger partial charge in [-0.1, -0.05) is 0 Å². The monoisotopic (exact) mass is 219 g/mol. The number of hydrogen-bond acceptors (Lipinski definition) is 4. The summed E-state index contributed by atoms with van der Waals surface area (Å²) in [5, 5.41) is 12.0. The van der Waals surface area contributed by atoms with Crippen molar-refractivity contribution in [1.29, 1.82) is 0 Å². The van der Waals surface area contributed by atoms with Crippen LogP contribution in [0.25, 0.3) is 0 Å². The maximum absolute atomic E-state index is 10.8. The van der Waals surface area contributed by atoms with Crippen molar-refractivity contribution in [3.05, 3.63) is 0 Å². The first-order valence-corrected chi connectivity index (χ1v) is 5.78. The van der Waals surface area contributed by atoms with E-state index in [4.69, 9.17) is 9.84 Å². The highest BCUT2D eigenvalue weighted by molar-refractivity contribution is 8.00. The van der Waals surface area contributed by atoms with Crippen LogP contribution in [0.4, 0.5) is 0 Å². The number of carboxylic acids is 1. The summed E-state index contributed by atoms with van der Waals surface area (Å²) in [7, 11) is 0. The van der Waals surface area contributed by atoms with Gasteiger partial charge in [0.15, 0.2) is 0 Å². The number of carboxylic acid groups (broad SMARTS) is 1. The molecule has 14 heavy (non-hydrogen) atoms. The molecule has 0 bridgehead atoms. The zero-order valence-corrected chi connectivity index (χ0v) is 9.39. The van der Waals surface area contributed by atoms with Gasteiger partial charge in [-0.15, -0.1) is 11.8 Å². The van der Waals surface area contributed by atoms with Gasteiger partial charge in [0.25, 0.3) is 0 Å². The molecule has 0 aromatic rings. The summed E-state index contributed by atoms with van der Waals surface area (Å²) >= 11 is 1.73. The van der Waals surface area contributed by atoms with Crippen molar-refractivity contribution in [2.45, 2.75) is 31.2 Å². The Morgan fingerprint density at radius 2 is 2.50 bits per heavy atom. The van der Waals surface area contributed by atoms with Gasteiger partial charge in [-0.05, 0) is 26.0 Å². The average Bonchev–Trinajstić information content (AvgIpc) is 2.15. The second-order valence-corrected chi connectivity index (χ2v) is 5.14. The molecule has 2 N–H and O–H groups in total. The summed E-state index contributed by atoms with van der Waals surface area (Å²) in [6.07, 6.45) is 0.682. The van der Waals surface area contributed by atoms with Crippen LogP contribution in [-0.4, -0.2) is 41.0 Å². The molecule has 0 saturated carbocycles. The first-order valence-electron chi connectivity index (χ1n) is 4.79. The highest BCUT2D eigenvalue weighted by Crippen LogP contribution is 2.29. The van der Waals surface area contributed by atoms with E-state index in [1.54, 1.807) is 11.8 Å². The van der Waals surface area contributed by atoms with Gasteiger partial charge in [0, 0.05) is 6.61 Å². The average molecular weight is 219 g/mol. The van der Waals surface area contributed by atoms with Gasteiger partial charge >= 0.3 is 5.97 Å². The highest BCUT2D eigenvalue weighted by Gasteiger charge is 2.35. The molecule has 4 nitrogen and oxygen atoms in total. The lowest BCUT2D eigenvalue weighted by Crippen LogP contribution is -2.55. The van der Waals surface area contributed by atoms with Crippen LogP contribution >= 0.6 is 11.8 Å². The molecule has 0 radical (unpaired) electrons. The maximum Gasteiger partial charge on any atom is 0.320 e. The Bertz CT molecular complexity index is 212. The Hall–Kier alpha value is -0.260. The highest BCUT2D eigenvalue weighted by atomic mass is 32.2. The molecule has 0 aromatic heterocycles. The Labute approximate surface area is 88.4 Å². The van der Waals surface area contributed by atoms with Gasteiger partial charge in [-0.2, -0.15) is 0 Å². The van der Waals surface area contributed by atoms with Gasteiger partial charge in [-0.25, -0.2) is 0 Å². The molecule has 2 unspecified atom stereocenters. The second-order valence-electron chi connectivity index (χ2n) is 3.54. The molecule has 82 valence electrons. The molecule has 1 rings (SSSR count). The summed E-state index contributed by atoms with van der Waals surface area (Å²) in [5.41, 5.74) is 0. The van der Waals surface area contributed by atoms with Gasteiger partial charge in [0.05, 0.1) is 11.5 Å². The van der Waals surface area contributed by atoms with E-state index in [1.165, 1.54) is 0 Å². The van der Waals surface area contributed by atoms with Crippen LogP contribution in [0.1, 0.15) is 20.3 Å². The van der Waals surface area contributed by atoms with Crippen molar-refractivity contribution in [1.82, 2.24) is 5.32 Å². The van der Waals surface area contributed by atoms with Gasteiger partial charge < -0.3 is 9.84 Å². The molecule has 1 heterocycles. The molecule has 0 spiro atoms. The Morgan fingerprint density at radius 1 is 1.79 bits per heavy atom. The van der Waals surface area contributed by atoms with Crippen molar-refractivity contribution in [2.75, 3.05) is 19.0 Å². The zero-order valence-electron chi connectivity index (χ0n) is 8.58. The molecule has 0 aliphatic carbocycles. The number of hydrogen-bond donors (Lipinski definition) is 2. The Morgan fingerprint density at radius 3 is 3.07 bits per heavy atom. The third-order valence-electron chi connectivity index (χ3n) is 2.19. The first-order chi connectivity index (χ1) is 6.57. The summed E-state index contributed by atoms with van der Waals surface area (Å²) in [6, 6.07) is -0.429. The fourth-order valence-corrected chi connectivity index (χ4v) is 2.65. The SMILES string of the molecule is CCOCC1(C)NC(C(=O)O)CCS1. The van der Waals surface area contributed by atoms with E-state index in [-0.39, 0.29) is 4.87 Å². The first kappa shape index (κ1) is 11.8. The second kappa shape index (κ2) is 5.00. The molecule has 0 amide bonds. The molecule has 1 fully saturated rings. The van der Waals surface area contributed by atoms with E-state index in [0.29, 0.717) is 19.6 Å². The van der Waals surface area contributed by atoms with Crippen LogP contribution in [-0.2, 0) is 9.53 Å². The van der Waals surface area contributed by atoms with Crippen molar-refractivity contribution < 1.29 is 14.6 Å². The standard InChI is InChI=1S/C9H17NO3S/c1-3-13-6-9(2)10-7(8(11)12)4-5-14-9/h7,10H,3-6H2,1-2H3,(H,11,12). The summed E-state index contributed by atoms with van der Waals surface area (Å²) in [6.45, 7) is 5.14. The molecular formula is C9H17NO3S. The fraction of sp³-hybridized carbons (Fsp3) is 0.889. The van der Waals surface area contributed by atoms with E-state index >= 15 is 0 Å². The Balaban J connectivity index is 2.48. The topological polar surface area (TPSA) is 58.6 Å². The van der Waals surface area contributed by atoms with E-state index in [0.717, 1.165) is 5.75 Å². The molecule has 1 aliphatic heterocycles. The minimum Gasteiger partial charge on any atom is -0.480 e. The molecule has 2 atom stereocenters. The van der Waals surface area contributed by atoms with Gasteiger partial charge in [0.2, 0.25) is 0 Å². The lowest BCUT2D eigenvalue weighted by molar-refractivity contribution is -0.140. The number of nitrogens with one attached hydrogen (secondary N) is 1. The quantitative estimate of drug-likeness (QED) is 0.736. The number of rotatable bonds is 4. The number of carbonyl (C=O) groups is 1. The van der Waals surface area contributed by atoms with Crippen LogP contribution in [0.3, 0.4) is 0 Å². The minimum absolute atomic E-state index is 0.253. The predicted molar refractivity (Wildman–Crippen MR) is 56.5 cm³/mol. The predicted octanol–water partition coefficient (Wildman–Crippen LogP) is 0.919. The van der Waals surface area contributed by atoms with Gasteiger partial charge in [0.1, 0.15) is 6.04 Å². The van der Waals surface area contributed by atoms with E-state index in [1.807, 2.05) is 13.8 Å². The molecule has 1 saturated heterocycles. The summed E-state index contributed by atoms with van der Waals surface area (Å²) < 4.78 is 5.33. The lowest BCUT2D eigenvalue weighted by Gasteiger charge is -2.37. The van der Waals surface area contributed by atoms with Crippen LogP contribution in [0.2, 0.25) is 0 Å². The van der Waals surface area contributed by atoms with E-state index in [2.05, 4.69) is 5.32 Å². The lowest BCUT2D eigenvalue weighted by atomic mass is 10.2. The number of aliphatic carboxylic acids is 1. The van der Waals surface area contributed by atoms with Crippen LogP contribution in [0.15, 0.2) is 0 Å². The van der Waals surface area contributed by atoms with Crippen molar-refractivity contribution >= 4 is 17.7 Å². The third-order valence-corrected chi connectivity index (χ3v) is 3.50. The van der Waals surface area contributed by atoms with Crippen molar-refractivity contribution in [2.24, 2.45) is 0 Å². The number of ether oxygens (including phenoxy) is 1. The molecule has 1 aliphatic rings. The Kier molecular flexibility index (Phi) is 4.22. The van der Waals surface area contributed by atoms with Crippen molar-refractivity contribution in [3.8, 4) is 0 Å². The van der Waals surface area contributed by atoms with Crippen LogP contribution in [0, 0.1) is 0 Å². The summed E-state index contributed by atoms with van der Waals surface area (Å²) in [4.78, 5) is 10.6. The van der Waals surface area contributed by atoms with Gasteiger partial charge in [-0.3, -0.25) is 10.1 Å². The van der Waals surface area contributed by atoms with Crippen molar-refractivity contribution in [3.63, 3.8) is 0 Å². The summed E-state index contributed by atoms with van der Waals surface area (Å²) in [5.74, 6) is 0.0982. The van der Waals surface area contributed by atoms with E-state index in [9.17, 15) is 4.79 Å². The molecule has 5 heteroatoms. The molecular weight excluding hydrogens is 202 g/mol. The third kappa shape index (κ3) is 3.15. The largest absolute Gasteiger partial charge is 0.480 e. The normalized spacial score (nSPS) is 32.9. The minimum atomic E-state index is -0.770. The molecule has 0 aromatic carbocycles. The van der Waals surface area contributed by atoms with Crippen LogP contribution in [0.5, 0.6) is 0 Å². The zero-order chi connectivity index (χ0) is 10.6. The maximum atomic E-state index is 10.8. The fourth-order valence-electron chi connectivity index (χ4n) is 1.45. The van der Waals surface area contributed by atoms with Crippen LogP contribution < -0.4 is 5.32 Å². The smallest absolute Gasteiger partial charge is 0.320 e.